The van der Waals surface area contributed by atoms with Crippen molar-refractivity contribution in [1.29, 1.82) is 0 Å². The van der Waals surface area contributed by atoms with Crippen LogP contribution in [0, 0.1) is 0 Å². The maximum absolute atomic E-state index is 12.3. The lowest BCUT2D eigenvalue weighted by Gasteiger charge is -2.13. The number of hydrazone groups is 1. The molecular weight excluding hydrogens is 436 g/mol. The van der Waals surface area contributed by atoms with Gasteiger partial charge in [0, 0.05) is 5.39 Å². The molecule has 1 aliphatic rings. The molecule has 8 heteroatoms. The first kappa shape index (κ1) is 21.4. The lowest BCUT2D eigenvalue weighted by molar-refractivity contribution is 0.0929. The molecule has 0 saturated carbocycles. The number of hydrogen-bond donors (Lipinski definition) is 1. The van der Waals surface area contributed by atoms with Crippen molar-refractivity contribution in [3.8, 4) is 23.0 Å². The average molecular weight is 458 g/mol. The topological polar surface area (TPSA) is 91.5 Å². The zero-order valence-electron chi connectivity index (χ0n) is 18.4. The summed E-state index contributed by atoms with van der Waals surface area (Å²) < 4.78 is 28.0. The number of nitrogens with one attached hydrogen (secondary N) is 1. The van der Waals surface area contributed by atoms with Crippen LogP contribution in [0.15, 0.2) is 76.2 Å². The molecule has 0 atom stereocenters. The number of fused-ring (bicyclic) bond motifs is 2. The lowest BCUT2D eigenvalue weighted by atomic mass is 10.2. The number of para-hydroxylation sites is 1. The number of ether oxygens (including phenoxy) is 4. The van der Waals surface area contributed by atoms with Crippen LogP contribution in [0.25, 0.3) is 11.0 Å². The summed E-state index contributed by atoms with van der Waals surface area (Å²) in [6, 6.07) is 20.2. The fourth-order valence-electron chi connectivity index (χ4n) is 3.50. The van der Waals surface area contributed by atoms with E-state index in [0.717, 1.165) is 22.3 Å². The molecule has 0 unspecified atom stereocenters. The van der Waals surface area contributed by atoms with Gasteiger partial charge in [-0.25, -0.2) is 5.43 Å². The molecular formula is C26H22N2O6. The predicted molar refractivity (Wildman–Crippen MR) is 126 cm³/mol. The monoisotopic (exact) mass is 458 g/mol. The summed E-state index contributed by atoms with van der Waals surface area (Å²) in [5.74, 6) is 2.39. The molecule has 0 aliphatic carbocycles. The highest BCUT2D eigenvalue weighted by Crippen LogP contribution is 2.34. The molecule has 3 aromatic carbocycles. The molecule has 34 heavy (non-hydrogen) atoms. The van der Waals surface area contributed by atoms with Gasteiger partial charge in [0.05, 0.1) is 12.8 Å². The Morgan fingerprint density at radius 3 is 2.76 bits per heavy atom. The first-order valence-electron chi connectivity index (χ1n) is 10.8. The van der Waals surface area contributed by atoms with Crippen molar-refractivity contribution in [2.24, 2.45) is 5.10 Å². The summed E-state index contributed by atoms with van der Waals surface area (Å²) in [4.78, 5) is 12.3. The van der Waals surface area contributed by atoms with Crippen molar-refractivity contribution in [1.82, 2.24) is 5.43 Å². The van der Waals surface area contributed by atoms with Gasteiger partial charge < -0.3 is 23.4 Å². The van der Waals surface area contributed by atoms with Crippen molar-refractivity contribution < 1.29 is 28.2 Å². The number of rotatable bonds is 8. The van der Waals surface area contributed by atoms with Crippen LogP contribution in [0.4, 0.5) is 0 Å². The summed E-state index contributed by atoms with van der Waals surface area (Å²) in [5, 5.41) is 4.90. The molecule has 0 bridgehead atoms. The van der Waals surface area contributed by atoms with Crippen LogP contribution in [0.2, 0.25) is 0 Å². The maximum Gasteiger partial charge on any atom is 0.307 e. The van der Waals surface area contributed by atoms with Crippen molar-refractivity contribution in [2.45, 2.75) is 13.5 Å². The van der Waals surface area contributed by atoms with E-state index in [1.54, 1.807) is 24.3 Å². The van der Waals surface area contributed by atoms with Crippen LogP contribution in [-0.4, -0.2) is 25.5 Å². The van der Waals surface area contributed by atoms with Crippen molar-refractivity contribution in [3.63, 3.8) is 0 Å². The van der Waals surface area contributed by atoms with E-state index in [2.05, 4.69) is 10.5 Å². The molecule has 4 aromatic rings. The third-order valence-electron chi connectivity index (χ3n) is 5.13. The Labute approximate surface area is 195 Å². The highest BCUT2D eigenvalue weighted by atomic mass is 16.7. The first-order valence-corrected chi connectivity index (χ1v) is 10.8. The van der Waals surface area contributed by atoms with Gasteiger partial charge in [-0.15, -0.1) is 0 Å². The van der Waals surface area contributed by atoms with E-state index >= 15 is 0 Å². The first-order chi connectivity index (χ1) is 16.7. The van der Waals surface area contributed by atoms with Gasteiger partial charge in [-0.3, -0.25) is 4.79 Å². The largest absolute Gasteiger partial charge is 0.490 e. The van der Waals surface area contributed by atoms with Crippen LogP contribution < -0.4 is 24.4 Å². The van der Waals surface area contributed by atoms with Gasteiger partial charge in [-0.2, -0.15) is 5.10 Å². The van der Waals surface area contributed by atoms with E-state index in [1.165, 1.54) is 6.21 Å². The molecule has 0 spiro atoms. The minimum absolute atomic E-state index is 0.195. The van der Waals surface area contributed by atoms with Crippen LogP contribution >= 0.6 is 0 Å². The Morgan fingerprint density at radius 2 is 1.88 bits per heavy atom. The standard InChI is InChI=1S/C26H22N2O6/c1-2-30-23-11-17(14-27-28-26(29)25-13-19-5-3-4-6-20(19)34-25)7-9-21(23)31-15-18-8-10-22-24(12-18)33-16-32-22/h3-14H,2,15-16H2,1H3,(H,28,29)/b27-14+. The summed E-state index contributed by atoms with van der Waals surface area (Å²) in [5.41, 5.74) is 4.82. The van der Waals surface area contributed by atoms with Crippen molar-refractivity contribution >= 4 is 23.1 Å². The van der Waals surface area contributed by atoms with Crippen molar-refractivity contribution in [2.75, 3.05) is 13.4 Å². The molecule has 172 valence electrons. The maximum atomic E-state index is 12.3. The molecule has 0 saturated heterocycles. The number of benzene rings is 3. The van der Waals surface area contributed by atoms with Gasteiger partial charge >= 0.3 is 5.91 Å². The summed E-state index contributed by atoms with van der Waals surface area (Å²) in [6.45, 7) is 2.95. The normalized spacial score (nSPS) is 12.3. The van der Waals surface area contributed by atoms with Crippen LogP contribution in [0.1, 0.15) is 28.6 Å². The van der Waals surface area contributed by atoms with Crippen LogP contribution in [0.5, 0.6) is 23.0 Å². The van der Waals surface area contributed by atoms with E-state index in [-0.39, 0.29) is 12.6 Å². The number of carbonyl (C=O) groups is 1. The molecule has 0 radical (unpaired) electrons. The molecule has 0 fully saturated rings. The van der Waals surface area contributed by atoms with E-state index in [4.69, 9.17) is 23.4 Å². The molecule has 1 N–H and O–H groups in total. The Balaban J connectivity index is 1.24. The fraction of sp³-hybridized carbons (Fsp3) is 0.154. The average Bonchev–Trinajstić information content (AvgIpc) is 3.50. The third kappa shape index (κ3) is 4.66. The number of amides is 1. The number of carbonyl (C=O) groups excluding carboxylic acids is 1. The van der Waals surface area contributed by atoms with E-state index in [1.807, 2.05) is 49.4 Å². The second kappa shape index (κ2) is 9.58. The Kier molecular flexibility index (Phi) is 6.03. The quantitative estimate of drug-likeness (QED) is 0.298. The number of furan rings is 1. The molecule has 1 amide bonds. The Hall–Kier alpha value is -4.46. The SMILES string of the molecule is CCOc1cc(/C=N/NC(=O)c2cc3ccccc3o2)ccc1OCc1ccc2c(c1)OCO2. The molecule has 1 aliphatic heterocycles. The minimum atomic E-state index is -0.429. The van der Waals surface area contributed by atoms with Crippen molar-refractivity contribution in [3.05, 3.63) is 83.6 Å². The molecule has 2 heterocycles. The second-order valence-corrected chi connectivity index (χ2v) is 7.46. The lowest BCUT2D eigenvalue weighted by Crippen LogP contribution is -2.16. The third-order valence-corrected chi connectivity index (χ3v) is 5.13. The van der Waals surface area contributed by atoms with Gasteiger partial charge in [0.2, 0.25) is 6.79 Å². The smallest absolute Gasteiger partial charge is 0.307 e. The zero-order chi connectivity index (χ0) is 23.3. The van der Waals surface area contributed by atoms with Crippen LogP contribution in [-0.2, 0) is 6.61 Å². The Bertz CT molecular complexity index is 1330. The predicted octanol–water partition coefficient (Wildman–Crippen LogP) is 4.90. The van der Waals surface area contributed by atoms with Crippen LogP contribution in [0.3, 0.4) is 0 Å². The fourth-order valence-corrected chi connectivity index (χ4v) is 3.50. The van der Waals surface area contributed by atoms with E-state index < -0.39 is 5.91 Å². The Morgan fingerprint density at radius 1 is 1.00 bits per heavy atom. The minimum Gasteiger partial charge on any atom is -0.490 e. The van der Waals surface area contributed by atoms with Gasteiger partial charge in [0.1, 0.15) is 12.2 Å². The zero-order valence-corrected chi connectivity index (χ0v) is 18.4. The second-order valence-electron chi connectivity index (χ2n) is 7.46. The highest BCUT2D eigenvalue weighted by molar-refractivity contribution is 5.96. The molecule has 8 nitrogen and oxygen atoms in total. The van der Waals surface area contributed by atoms with Gasteiger partial charge in [0.15, 0.2) is 28.8 Å². The summed E-state index contributed by atoms with van der Waals surface area (Å²) >= 11 is 0. The number of hydrogen-bond acceptors (Lipinski definition) is 7. The number of nitrogens with zero attached hydrogens (tertiary/aromatic N) is 1. The van der Waals surface area contributed by atoms with E-state index in [0.29, 0.717) is 36.0 Å². The summed E-state index contributed by atoms with van der Waals surface area (Å²) in [7, 11) is 0. The van der Waals surface area contributed by atoms with Gasteiger partial charge in [-0.1, -0.05) is 24.3 Å². The summed E-state index contributed by atoms with van der Waals surface area (Å²) in [6.07, 6.45) is 1.53. The van der Waals surface area contributed by atoms with E-state index in [9.17, 15) is 4.79 Å². The molecule has 5 rings (SSSR count). The van der Waals surface area contributed by atoms with Gasteiger partial charge in [-0.05, 0) is 60.5 Å². The molecule has 1 aromatic heterocycles. The van der Waals surface area contributed by atoms with Gasteiger partial charge in [0.25, 0.3) is 0 Å². The highest BCUT2D eigenvalue weighted by Gasteiger charge is 2.14.